The first-order valence-corrected chi connectivity index (χ1v) is 14.0. The van der Waals surface area contributed by atoms with Gasteiger partial charge in [0, 0.05) is 52.3 Å². The van der Waals surface area contributed by atoms with Crippen LogP contribution in [0.4, 0.5) is 14.5 Å². The molecule has 6 rings (SSSR count). The highest BCUT2D eigenvalue weighted by atomic mass is 35.5. The number of carbonyl (C=O) groups excluding carboxylic acids is 3. The number of halogens is 4. The monoisotopic (exact) mass is 599 g/mol. The van der Waals surface area contributed by atoms with Crippen molar-refractivity contribution in [2.24, 2.45) is 0 Å². The third kappa shape index (κ3) is 4.71. The molecule has 212 valence electrons. The van der Waals surface area contributed by atoms with Crippen molar-refractivity contribution in [3.63, 3.8) is 0 Å². The first-order chi connectivity index (χ1) is 19.7. The van der Waals surface area contributed by atoms with Gasteiger partial charge >= 0.3 is 0 Å². The molecule has 0 saturated carbocycles. The largest absolute Gasteiger partial charge is 0.483 e. The zero-order chi connectivity index (χ0) is 28.9. The van der Waals surface area contributed by atoms with Gasteiger partial charge in [0.1, 0.15) is 22.8 Å². The number of benzene rings is 3. The van der Waals surface area contributed by atoms with Crippen molar-refractivity contribution in [1.29, 1.82) is 0 Å². The van der Waals surface area contributed by atoms with Crippen LogP contribution in [0.15, 0.2) is 54.6 Å². The summed E-state index contributed by atoms with van der Waals surface area (Å²) in [5, 5.41) is 6.28. The van der Waals surface area contributed by atoms with Crippen molar-refractivity contribution in [3.05, 3.63) is 93.0 Å². The molecule has 1 spiro atoms. The number of hydrogen-bond acceptors (Lipinski definition) is 4. The fraction of sp³-hybridized carbons (Fsp3) is 0.300. The molecule has 3 aliphatic heterocycles. The molecule has 3 amide bonds. The van der Waals surface area contributed by atoms with E-state index in [0.29, 0.717) is 39.9 Å². The average molecular weight is 600 g/mol. The fourth-order valence-corrected chi connectivity index (χ4v) is 6.73. The van der Waals surface area contributed by atoms with Gasteiger partial charge in [0.25, 0.3) is 5.91 Å². The van der Waals surface area contributed by atoms with Gasteiger partial charge in [-0.15, -0.1) is 0 Å². The molecule has 0 aliphatic carbocycles. The molecule has 0 unspecified atom stereocenters. The van der Waals surface area contributed by atoms with Gasteiger partial charge in [-0.3, -0.25) is 14.4 Å². The van der Waals surface area contributed by atoms with Crippen molar-refractivity contribution in [2.45, 2.75) is 36.6 Å². The fourth-order valence-electron chi connectivity index (χ4n) is 6.38. The SMILES string of the molecule is O=C1C[C@H](c2cc(Cl)ccc2OCC(=O)N2CCCC2)[C@@]2(C(=O)Nc3cc(Cl)ccc32)[C@H](c2cc(F)ccc2F)N1. The van der Waals surface area contributed by atoms with Crippen LogP contribution in [0.25, 0.3) is 0 Å². The smallest absolute Gasteiger partial charge is 0.260 e. The van der Waals surface area contributed by atoms with Crippen LogP contribution in [0.1, 0.15) is 47.9 Å². The molecule has 0 radical (unpaired) electrons. The number of fused-ring (bicyclic) bond motifs is 2. The van der Waals surface area contributed by atoms with Crippen LogP contribution < -0.4 is 15.4 Å². The summed E-state index contributed by atoms with van der Waals surface area (Å²) in [6.07, 6.45) is 1.65. The molecular formula is C30H25Cl2F2N3O4. The number of rotatable bonds is 5. The van der Waals surface area contributed by atoms with E-state index < -0.39 is 40.8 Å². The Balaban J connectivity index is 1.53. The van der Waals surface area contributed by atoms with Crippen LogP contribution in [-0.2, 0) is 19.8 Å². The Morgan fingerprint density at radius 2 is 1.71 bits per heavy atom. The molecule has 3 aromatic rings. The average Bonchev–Trinajstić information content (AvgIpc) is 3.57. The van der Waals surface area contributed by atoms with Crippen LogP contribution in [0.3, 0.4) is 0 Å². The van der Waals surface area contributed by atoms with Crippen LogP contribution in [0, 0.1) is 11.6 Å². The molecule has 41 heavy (non-hydrogen) atoms. The molecule has 3 aromatic carbocycles. The first kappa shape index (κ1) is 27.5. The molecule has 3 atom stereocenters. The number of carbonyl (C=O) groups is 3. The predicted molar refractivity (Wildman–Crippen MR) is 149 cm³/mol. The standard InChI is InChI=1S/C30H25Cl2F2N3O4/c31-16-4-8-25(41-15-27(39)37-9-1-2-10-37)19(11-16)22-14-26(38)36-28(20-13-18(33)5-7-23(20)34)30(22)21-6-3-17(32)12-24(21)35-29(30)40/h3-8,11-13,22,28H,1-2,9-10,14-15H2,(H,35,40)(H,36,38)/t22-,28+,30-/m1/s1. The maximum absolute atomic E-state index is 15.4. The zero-order valence-corrected chi connectivity index (χ0v) is 23.2. The number of nitrogens with one attached hydrogen (secondary N) is 2. The quantitative estimate of drug-likeness (QED) is 0.405. The Labute approximate surface area is 244 Å². The Morgan fingerprint density at radius 3 is 2.49 bits per heavy atom. The third-order valence-electron chi connectivity index (χ3n) is 8.18. The highest BCUT2D eigenvalue weighted by molar-refractivity contribution is 6.31. The number of hydrogen-bond donors (Lipinski definition) is 2. The summed E-state index contributed by atoms with van der Waals surface area (Å²) in [5.41, 5.74) is -0.607. The van der Waals surface area contributed by atoms with Crippen LogP contribution in [-0.4, -0.2) is 42.3 Å². The second kappa shape index (κ2) is 10.6. The van der Waals surface area contributed by atoms with Gasteiger partial charge in [-0.05, 0) is 66.9 Å². The molecule has 2 N–H and O–H groups in total. The van der Waals surface area contributed by atoms with E-state index >= 15 is 4.39 Å². The van der Waals surface area contributed by atoms with E-state index in [0.717, 1.165) is 31.0 Å². The topological polar surface area (TPSA) is 87.7 Å². The molecule has 3 heterocycles. The minimum atomic E-state index is -1.65. The maximum Gasteiger partial charge on any atom is 0.260 e. The summed E-state index contributed by atoms with van der Waals surface area (Å²) in [6, 6.07) is 11.2. The maximum atomic E-state index is 15.4. The number of likely N-dealkylation sites (tertiary alicyclic amines) is 1. The number of amides is 3. The summed E-state index contributed by atoms with van der Waals surface area (Å²) >= 11 is 12.7. The van der Waals surface area contributed by atoms with E-state index in [-0.39, 0.29) is 30.2 Å². The van der Waals surface area contributed by atoms with E-state index in [1.165, 1.54) is 0 Å². The van der Waals surface area contributed by atoms with Crippen molar-refractivity contribution >= 4 is 46.6 Å². The summed E-state index contributed by atoms with van der Waals surface area (Å²) in [5.74, 6) is -3.40. The Morgan fingerprint density at radius 1 is 0.976 bits per heavy atom. The van der Waals surface area contributed by atoms with Gasteiger partial charge in [-0.1, -0.05) is 29.3 Å². The van der Waals surface area contributed by atoms with Crippen LogP contribution >= 0.6 is 23.2 Å². The molecule has 0 aromatic heterocycles. The van der Waals surface area contributed by atoms with Crippen LogP contribution in [0.2, 0.25) is 10.0 Å². The lowest BCUT2D eigenvalue weighted by atomic mass is 9.59. The van der Waals surface area contributed by atoms with E-state index in [9.17, 15) is 18.8 Å². The van der Waals surface area contributed by atoms with Gasteiger partial charge in [0.15, 0.2) is 6.61 Å². The van der Waals surface area contributed by atoms with Crippen molar-refractivity contribution < 1.29 is 27.9 Å². The van der Waals surface area contributed by atoms with Gasteiger partial charge in [0.2, 0.25) is 11.8 Å². The first-order valence-electron chi connectivity index (χ1n) is 13.2. The van der Waals surface area contributed by atoms with Crippen molar-refractivity contribution in [3.8, 4) is 5.75 Å². The van der Waals surface area contributed by atoms with Gasteiger partial charge in [-0.25, -0.2) is 8.78 Å². The molecule has 2 fully saturated rings. The van der Waals surface area contributed by atoms with E-state index in [4.69, 9.17) is 27.9 Å². The lowest BCUT2D eigenvalue weighted by Gasteiger charge is -2.46. The second-order valence-electron chi connectivity index (χ2n) is 10.5. The third-order valence-corrected chi connectivity index (χ3v) is 8.65. The van der Waals surface area contributed by atoms with E-state index in [1.807, 2.05) is 0 Å². The number of piperidine rings is 1. The molecule has 2 saturated heterocycles. The Kier molecular flexibility index (Phi) is 7.11. The molecular weight excluding hydrogens is 575 g/mol. The van der Waals surface area contributed by atoms with Gasteiger partial charge in [0.05, 0.1) is 6.04 Å². The summed E-state index contributed by atoms with van der Waals surface area (Å²) in [4.78, 5) is 41.9. The lowest BCUT2D eigenvalue weighted by molar-refractivity contribution is -0.133. The Bertz CT molecular complexity index is 1580. The molecule has 0 bridgehead atoms. The normalized spacial score (nSPS) is 23.4. The molecule has 11 heteroatoms. The highest BCUT2D eigenvalue weighted by Crippen LogP contribution is 2.59. The minimum absolute atomic E-state index is 0.183. The molecule has 3 aliphatic rings. The van der Waals surface area contributed by atoms with E-state index in [1.54, 1.807) is 41.3 Å². The van der Waals surface area contributed by atoms with Crippen molar-refractivity contribution in [2.75, 3.05) is 25.0 Å². The van der Waals surface area contributed by atoms with Gasteiger partial charge < -0.3 is 20.3 Å². The summed E-state index contributed by atoms with van der Waals surface area (Å²) < 4.78 is 35.9. The molecule has 7 nitrogen and oxygen atoms in total. The summed E-state index contributed by atoms with van der Waals surface area (Å²) in [6.45, 7) is 1.06. The van der Waals surface area contributed by atoms with E-state index in [2.05, 4.69) is 10.6 Å². The number of nitrogens with zero attached hydrogens (tertiary/aromatic N) is 1. The minimum Gasteiger partial charge on any atom is -0.483 e. The van der Waals surface area contributed by atoms with Crippen LogP contribution in [0.5, 0.6) is 5.75 Å². The Hall–Kier alpha value is -3.69. The second-order valence-corrected chi connectivity index (χ2v) is 11.4. The van der Waals surface area contributed by atoms with Crippen molar-refractivity contribution in [1.82, 2.24) is 10.2 Å². The number of anilines is 1. The summed E-state index contributed by atoms with van der Waals surface area (Å²) in [7, 11) is 0. The van der Waals surface area contributed by atoms with Gasteiger partial charge in [-0.2, -0.15) is 0 Å². The zero-order valence-electron chi connectivity index (χ0n) is 21.7. The lowest BCUT2D eigenvalue weighted by Crippen LogP contribution is -2.57. The predicted octanol–water partition coefficient (Wildman–Crippen LogP) is 5.51. The number of ether oxygens (including phenoxy) is 1. The highest BCUT2D eigenvalue weighted by Gasteiger charge is 2.62.